The molecule has 2 rings (SSSR count). The average Bonchev–Trinajstić information content (AvgIpc) is 2.60. The van der Waals surface area contributed by atoms with Gasteiger partial charge in [0.1, 0.15) is 11.5 Å². The summed E-state index contributed by atoms with van der Waals surface area (Å²) in [5.74, 6) is 1.56. The summed E-state index contributed by atoms with van der Waals surface area (Å²) in [6.45, 7) is 4.44. The minimum absolute atomic E-state index is 0.159. The van der Waals surface area contributed by atoms with Gasteiger partial charge in [0.2, 0.25) is 0 Å². The van der Waals surface area contributed by atoms with Crippen LogP contribution in [-0.4, -0.2) is 12.6 Å². The predicted molar refractivity (Wildman–Crippen MR) is 96.5 cm³/mol. The molecule has 3 nitrogen and oxygen atoms in total. The standard InChI is InChI=1S/C21H26O3/c1-3-5-10-18-11-6-7-13-20(18)24-19-12-8-9-17(16-19)14-15-21(22)23-4-2/h6-9,11-13,16H,3-5,10,14-15H2,1-2H3. The van der Waals surface area contributed by atoms with Gasteiger partial charge >= 0.3 is 5.97 Å². The molecule has 0 unspecified atom stereocenters. The molecule has 0 saturated heterocycles. The van der Waals surface area contributed by atoms with Gasteiger partial charge in [0.25, 0.3) is 0 Å². The van der Waals surface area contributed by atoms with Crippen LogP contribution < -0.4 is 4.74 Å². The van der Waals surface area contributed by atoms with Crippen molar-refractivity contribution in [1.82, 2.24) is 0 Å². The molecule has 0 amide bonds. The summed E-state index contributed by atoms with van der Waals surface area (Å²) in [6.07, 6.45) is 4.39. The zero-order valence-corrected chi connectivity index (χ0v) is 14.6. The minimum atomic E-state index is -0.159. The van der Waals surface area contributed by atoms with E-state index in [1.807, 2.05) is 49.4 Å². The number of carbonyl (C=O) groups excluding carboxylic acids is 1. The molecular weight excluding hydrogens is 300 g/mol. The molecule has 128 valence electrons. The van der Waals surface area contributed by atoms with Crippen LogP contribution in [0.3, 0.4) is 0 Å². The number of hydrogen-bond acceptors (Lipinski definition) is 3. The highest BCUT2D eigenvalue weighted by molar-refractivity contribution is 5.69. The van der Waals surface area contributed by atoms with Gasteiger partial charge in [-0.15, -0.1) is 0 Å². The predicted octanol–water partition coefficient (Wildman–Crippen LogP) is 5.32. The van der Waals surface area contributed by atoms with Crippen molar-refractivity contribution in [2.45, 2.75) is 46.0 Å². The summed E-state index contributed by atoms with van der Waals surface area (Å²) in [5.41, 5.74) is 2.31. The van der Waals surface area contributed by atoms with Crippen LogP contribution in [0.1, 0.15) is 44.2 Å². The van der Waals surface area contributed by atoms with E-state index in [1.165, 1.54) is 5.56 Å². The maximum atomic E-state index is 11.5. The molecule has 0 saturated carbocycles. The van der Waals surface area contributed by atoms with Crippen LogP contribution in [0.2, 0.25) is 0 Å². The Balaban J connectivity index is 2.03. The topological polar surface area (TPSA) is 35.5 Å². The first-order chi connectivity index (χ1) is 11.7. The second-order valence-electron chi connectivity index (χ2n) is 5.77. The molecule has 0 aliphatic carbocycles. The van der Waals surface area contributed by atoms with E-state index in [2.05, 4.69) is 13.0 Å². The Kier molecular flexibility index (Phi) is 7.34. The lowest BCUT2D eigenvalue weighted by Gasteiger charge is -2.12. The van der Waals surface area contributed by atoms with Gasteiger partial charge in [0.05, 0.1) is 6.61 Å². The van der Waals surface area contributed by atoms with E-state index in [0.717, 1.165) is 36.3 Å². The van der Waals surface area contributed by atoms with Crippen LogP contribution in [0, 0.1) is 0 Å². The first kappa shape index (κ1) is 18.1. The van der Waals surface area contributed by atoms with Gasteiger partial charge in [-0.3, -0.25) is 4.79 Å². The van der Waals surface area contributed by atoms with Crippen molar-refractivity contribution in [1.29, 1.82) is 0 Å². The van der Waals surface area contributed by atoms with Crippen LogP contribution in [0.5, 0.6) is 11.5 Å². The molecule has 0 spiro atoms. The molecular formula is C21H26O3. The summed E-state index contributed by atoms with van der Waals surface area (Å²) in [7, 11) is 0. The monoisotopic (exact) mass is 326 g/mol. The van der Waals surface area contributed by atoms with Crippen LogP contribution in [-0.2, 0) is 22.4 Å². The Morgan fingerprint density at radius 3 is 2.62 bits per heavy atom. The fourth-order valence-electron chi connectivity index (χ4n) is 2.55. The highest BCUT2D eigenvalue weighted by atomic mass is 16.5. The fraction of sp³-hybridized carbons (Fsp3) is 0.381. The zero-order chi connectivity index (χ0) is 17.2. The molecule has 2 aromatic carbocycles. The maximum absolute atomic E-state index is 11.5. The second-order valence-corrected chi connectivity index (χ2v) is 5.77. The minimum Gasteiger partial charge on any atom is -0.466 e. The van der Waals surface area contributed by atoms with E-state index < -0.39 is 0 Å². The smallest absolute Gasteiger partial charge is 0.306 e. The molecule has 3 heteroatoms. The Morgan fingerprint density at radius 2 is 1.83 bits per heavy atom. The molecule has 0 bridgehead atoms. The number of ether oxygens (including phenoxy) is 2. The molecule has 0 aromatic heterocycles. The summed E-state index contributed by atoms with van der Waals surface area (Å²) in [6, 6.07) is 16.1. The third-order valence-corrected chi connectivity index (χ3v) is 3.82. The van der Waals surface area contributed by atoms with Crippen LogP contribution in [0.25, 0.3) is 0 Å². The van der Waals surface area contributed by atoms with E-state index in [9.17, 15) is 4.79 Å². The quantitative estimate of drug-likeness (QED) is 0.585. The Labute approximate surface area is 144 Å². The largest absolute Gasteiger partial charge is 0.466 e. The molecule has 24 heavy (non-hydrogen) atoms. The molecule has 2 aromatic rings. The molecule has 0 heterocycles. The van der Waals surface area contributed by atoms with Gasteiger partial charge in [0.15, 0.2) is 0 Å². The number of hydrogen-bond donors (Lipinski definition) is 0. The van der Waals surface area contributed by atoms with Crippen molar-refractivity contribution in [2.75, 3.05) is 6.61 Å². The Bertz CT molecular complexity index is 649. The van der Waals surface area contributed by atoms with Gasteiger partial charge < -0.3 is 9.47 Å². The Hall–Kier alpha value is -2.29. The number of aryl methyl sites for hydroxylation is 2. The summed E-state index contributed by atoms with van der Waals surface area (Å²) < 4.78 is 11.1. The molecule has 0 aliphatic heterocycles. The van der Waals surface area contributed by atoms with Crippen LogP contribution in [0.4, 0.5) is 0 Å². The number of carbonyl (C=O) groups is 1. The lowest BCUT2D eigenvalue weighted by Crippen LogP contribution is -2.05. The number of benzene rings is 2. The third-order valence-electron chi connectivity index (χ3n) is 3.82. The van der Waals surface area contributed by atoms with Crippen molar-refractivity contribution < 1.29 is 14.3 Å². The Morgan fingerprint density at radius 1 is 1.00 bits per heavy atom. The fourth-order valence-corrected chi connectivity index (χ4v) is 2.55. The van der Waals surface area contributed by atoms with Crippen molar-refractivity contribution in [3.63, 3.8) is 0 Å². The van der Waals surface area contributed by atoms with Gasteiger partial charge in [-0.25, -0.2) is 0 Å². The van der Waals surface area contributed by atoms with Crippen molar-refractivity contribution in [2.24, 2.45) is 0 Å². The number of esters is 1. The average molecular weight is 326 g/mol. The van der Waals surface area contributed by atoms with Gasteiger partial charge in [-0.2, -0.15) is 0 Å². The molecule has 0 atom stereocenters. The van der Waals surface area contributed by atoms with Crippen molar-refractivity contribution in [3.8, 4) is 11.5 Å². The van der Waals surface area contributed by atoms with Gasteiger partial charge in [0, 0.05) is 6.42 Å². The number of rotatable bonds is 9. The van der Waals surface area contributed by atoms with Crippen LogP contribution >= 0.6 is 0 Å². The lowest BCUT2D eigenvalue weighted by molar-refractivity contribution is -0.143. The van der Waals surface area contributed by atoms with E-state index in [4.69, 9.17) is 9.47 Å². The maximum Gasteiger partial charge on any atom is 0.306 e. The molecule has 0 fully saturated rings. The lowest BCUT2D eigenvalue weighted by atomic mass is 10.1. The summed E-state index contributed by atoms with van der Waals surface area (Å²) in [4.78, 5) is 11.5. The van der Waals surface area contributed by atoms with Gasteiger partial charge in [-0.05, 0) is 55.5 Å². The van der Waals surface area contributed by atoms with Crippen molar-refractivity contribution >= 4 is 5.97 Å². The normalized spacial score (nSPS) is 10.4. The van der Waals surface area contributed by atoms with Gasteiger partial charge in [-0.1, -0.05) is 43.7 Å². The highest BCUT2D eigenvalue weighted by Crippen LogP contribution is 2.27. The first-order valence-corrected chi connectivity index (χ1v) is 8.73. The van der Waals surface area contributed by atoms with E-state index >= 15 is 0 Å². The first-order valence-electron chi connectivity index (χ1n) is 8.73. The molecule has 0 radical (unpaired) electrons. The van der Waals surface area contributed by atoms with Crippen molar-refractivity contribution in [3.05, 3.63) is 59.7 Å². The van der Waals surface area contributed by atoms with E-state index in [1.54, 1.807) is 0 Å². The zero-order valence-electron chi connectivity index (χ0n) is 14.6. The molecule has 0 N–H and O–H groups in total. The highest BCUT2D eigenvalue weighted by Gasteiger charge is 2.06. The SMILES string of the molecule is CCCCc1ccccc1Oc1cccc(CCC(=O)OCC)c1. The number of unbranched alkanes of at least 4 members (excludes halogenated alkanes) is 1. The van der Waals surface area contributed by atoms with Crippen LogP contribution in [0.15, 0.2) is 48.5 Å². The summed E-state index contributed by atoms with van der Waals surface area (Å²) in [5, 5.41) is 0. The molecule has 0 aliphatic rings. The second kappa shape index (κ2) is 9.76. The third kappa shape index (κ3) is 5.73. The van der Waals surface area contributed by atoms with E-state index in [0.29, 0.717) is 19.4 Å². The van der Waals surface area contributed by atoms with E-state index in [-0.39, 0.29) is 5.97 Å². The summed E-state index contributed by atoms with van der Waals surface area (Å²) >= 11 is 0. The number of para-hydroxylation sites is 1.